The van der Waals surface area contributed by atoms with Crippen molar-refractivity contribution in [1.29, 1.82) is 0 Å². The van der Waals surface area contributed by atoms with E-state index in [9.17, 15) is 4.79 Å². The predicted molar refractivity (Wildman–Crippen MR) is 61.7 cm³/mol. The highest BCUT2D eigenvalue weighted by molar-refractivity contribution is 5.80. The molecule has 1 aromatic rings. The summed E-state index contributed by atoms with van der Waals surface area (Å²) < 4.78 is 0. The van der Waals surface area contributed by atoms with Gasteiger partial charge in [0.1, 0.15) is 0 Å². The smallest absolute Gasteiger partial charge is 0.224 e. The Kier molecular flexibility index (Phi) is 2.92. The number of hydrogen-bond acceptors (Lipinski definition) is 3. The molecule has 0 aliphatic carbocycles. The number of carbonyl (C=O) groups excluding carboxylic acids is 1. The van der Waals surface area contributed by atoms with Crippen molar-refractivity contribution in [1.82, 2.24) is 9.88 Å². The van der Waals surface area contributed by atoms with Gasteiger partial charge < -0.3 is 10.6 Å². The van der Waals surface area contributed by atoms with Gasteiger partial charge in [-0.25, -0.2) is 0 Å². The number of rotatable bonds is 2. The monoisotopic (exact) mass is 219 g/mol. The lowest BCUT2D eigenvalue weighted by molar-refractivity contribution is -0.128. The zero-order valence-electron chi connectivity index (χ0n) is 9.68. The summed E-state index contributed by atoms with van der Waals surface area (Å²) in [6.45, 7) is 4.71. The molecular formula is C12H17N3O. The highest BCUT2D eigenvalue weighted by Gasteiger charge is 2.38. The minimum absolute atomic E-state index is 0.00815. The van der Waals surface area contributed by atoms with E-state index >= 15 is 0 Å². The summed E-state index contributed by atoms with van der Waals surface area (Å²) in [4.78, 5) is 17.7. The Morgan fingerprint density at radius 2 is 2.38 bits per heavy atom. The Morgan fingerprint density at radius 1 is 1.62 bits per heavy atom. The maximum absolute atomic E-state index is 11.7. The number of aryl methyl sites for hydroxylation is 1. The fraction of sp³-hybridized carbons (Fsp3) is 0.500. The number of amides is 1. The van der Waals surface area contributed by atoms with Crippen molar-refractivity contribution in [2.24, 2.45) is 5.73 Å². The first-order chi connectivity index (χ1) is 7.65. The normalized spacial score (nSPS) is 25.2. The highest BCUT2D eigenvalue weighted by Crippen LogP contribution is 2.32. The fourth-order valence-electron chi connectivity index (χ4n) is 2.37. The summed E-state index contributed by atoms with van der Waals surface area (Å²) in [5.74, 6) is 0.142. The van der Waals surface area contributed by atoms with Crippen molar-refractivity contribution in [2.45, 2.75) is 32.4 Å². The molecule has 2 N–H and O–H groups in total. The van der Waals surface area contributed by atoms with Gasteiger partial charge in [0.25, 0.3) is 0 Å². The number of nitrogens with two attached hydrogens (primary N) is 1. The zero-order valence-corrected chi connectivity index (χ0v) is 9.68. The second kappa shape index (κ2) is 4.22. The quantitative estimate of drug-likeness (QED) is 0.807. The number of pyridine rings is 1. The van der Waals surface area contributed by atoms with E-state index in [1.807, 2.05) is 31.0 Å². The summed E-state index contributed by atoms with van der Waals surface area (Å²) in [7, 11) is 0. The third-order valence-corrected chi connectivity index (χ3v) is 3.21. The number of likely N-dealkylation sites (N-methyl/N-ethyl adjacent to an activating group) is 1. The Labute approximate surface area is 95.5 Å². The predicted octanol–water partition coefficient (Wildman–Crippen LogP) is 1.01. The molecule has 1 aliphatic heterocycles. The summed E-state index contributed by atoms with van der Waals surface area (Å²) in [6, 6.07) is 1.83. The van der Waals surface area contributed by atoms with Crippen LogP contribution in [0.3, 0.4) is 0 Å². The Bertz CT molecular complexity index is 405. The van der Waals surface area contributed by atoms with E-state index in [0.717, 1.165) is 11.1 Å². The number of carbonyl (C=O) groups is 1. The van der Waals surface area contributed by atoms with Gasteiger partial charge in [-0.05, 0) is 31.0 Å². The lowest BCUT2D eigenvalue weighted by Gasteiger charge is -2.26. The van der Waals surface area contributed by atoms with Gasteiger partial charge in [-0.3, -0.25) is 9.78 Å². The molecule has 1 aliphatic rings. The lowest BCUT2D eigenvalue weighted by atomic mass is 9.98. The number of hydrogen-bond donors (Lipinski definition) is 1. The topological polar surface area (TPSA) is 59.2 Å². The molecule has 1 amide bonds. The van der Waals surface area contributed by atoms with Crippen LogP contribution in [-0.4, -0.2) is 28.4 Å². The molecule has 2 atom stereocenters. The molecule has 2 rings (SSSR count). The number of aromatic nitrogens is 1. The number of nitrogens with zero attached hydrogens (tertiary/aromatic N) is 2. The van der Waals surface area contributed by atoms with Gasteiger partial charge in [-0.2, -0.15) is 0 Å². The summed E-state index contributed by atoms with van der Waals surface area (Å²) in [5.41, 5.74) is 8.26. The minimum atomic E-state index is -0.115. The summed E-state index contributed by atoms with van der Waals surface area (Å²) in [6.07, 6.45) is 4.02. The van der Waals surface area contributed by atoms with E-state index in [-0.39, 0.29) is 18.0 Å². The average Bonchev–Trinajstić information content (AvgIpc) is 2.54. The maximum Gasteiger partial charge on any atom is 0.224 e. The van der Waals surface area contributed by atoms with Gasteiger partial charge >= 0.3 is 0 Å². The van der Waals surface area contributed by atoms with Gasteiger partial charge in [-0.15, -0.1) is 0 Å². The molecule has 2 heterocycles. The van der Waals surface area contributed by atoms with Gasteiger partial charge in [-0.1, -0.05) is 0 Å². The van der Waals surface area contributed by atoms with Crippen LogP contribution in [0.5, 0.6) is 0 Å². The summed E-state index contributed by atoms with van der Waals surface area (Å²) >= 11 is 0. The van der Waals surface area contributed by atoms with Crippen LogP contribution < -0.4 is 5.73 Å². The van der Waals surface area contributed by atoms with Crippen molar-refractivity contribution in [2.75, 3.05) is 6.54 Å². The second-order valence-corrected chi connectivity index (χ2v) is 4.22. The van der Waals surface area contributed by atoms with Crippen LogP contribution >= 0.6 is 0 Å². The SMILES string of the molecule is CCN1C(=O)CC(N)C1c1cnccc1C. The molecule has 0 aromatic carbocycles. The standard InChI is InChI=1S/C12H17N3O/c1-3-15-11(16)6-10(13)12(15)9-7-14-5-4-8(9)2/h4-5,7,10,12H,3,6,13H2,1-2H3. The van der Waals surface area contributed by atoms with Crippen LogP contribution in [0.1, 0.15) is 30.5 Å². The van der Waals surface area contributed by atoms with E-state index in [1.54, 1.807) is 6.20 Å². The van der Waals surface area contributed by atoms with Crippen molar-refractivity contribution in [3.05, 3.63) is 29.6 Å². The molecule has 4 nitrogen and oxygen atoms in total. The maximum atomic E-state index is 11.7. The van der Waals surface area contributed by atoms with Crippen LogP contribution in [0.2, 0.25) is 0 Å². The first-order valence-corrected chi connectivity index (χ1v) is 5.60. The molecule has 1 fully saturated rings. The van der Waals surface area contributed by atoms with Gasteiger partial charge in [0, 0.05) is 31.4 Å². The largest absolute Gasteiger partial charge is 0.334 e. The van der Waals surface area contributed by atoms with E-state index in [2.05, 4.69) is 4.98 Å². The van der Waals surface area contributed by atoms with E-state index in [0.29, 0.717) is 13.0 Å². The van der Waals surface area contributed by atoms with Crippen LogP contribution in [0.4, 0.5) is 0 Å². The van der Waals surface area contributed by atoms with Crippen molar-refractivity contribution >= 4 is 5.91 Å². The molecule has 86 valence electrons. The van der Waals surface area contributed by atoms with Crippen molar-refractivity contribution in [3.63, 3.8) is 0 Å². The zero-order chi connectivity index (χ0) is 11.7. The Hall–Kier alpha value is -1.42. The fourth-order valence-corrected chi connectivity index (χ4v) is 2.37. The molecule has 1 aromatic heterocycles. The highest BCUT2D eigenvalue weighted by atomic mass is 16.2. The second-order valence-electron chi connectivity index (χ2n) is 4.22. The average molecular weight is 219 g/mol. The minimum Gasteiger partial charge on any atom is -0.334 e. The van der Waals surface area contributed by atoms with E-state index in [4.69, 9.17) is 5.73 Å². The number of likely N-dealkylation sites (tertiary alicyclic amines) is 1. The van der Waals surface area contributed by atoms with Crippen molar-refractivity contribution in [3.8, 4) is 0 Å². The molecule has 16 heavy (non-hydrogen) atoms. The van der Waals surface area contributed by atoms with Crippen LogP contribution in [0.15, 0.2) is 18.5 Å². The molecule has 0 spiro atoms. The van der Waals surface area contributed by atoms with E-state index in [1.165, 1.54) is 0 Å². The molecule has 0 radical (unpaired) electrons. The molecule has 4 heteroatoms. The molecule has 0 saturated carbocycles. The van der Waals surface area contributed by atoms with Crippen LogP contribution in [0.25, 0.3) is 0 Å². The molecular weight excluding hydrogens is 202 g/mol. The van der Waals surface area contributed by atoms with Gasteiger partial charge in [0.05, 0.1) is 6.04 Å². The Balaban J connectivity index is 2.39. The molecule has 2 unspecified atom stereocenters. The van der Waals surface area contributed by atoms with Crippen LogP contribution in [0, 0.1) is 6.92 Å². The first kappa shape index (κ1) is 11.1. The molecule has 0 bridgehead atoms. The lowest BCUT2D eigenvalue weighted by Crippen LogP contribution is -2.33. The Morgan fingerprint density at radius 3 is 3.00 bits per heavy atom. The third-order valence-electron chi connectivity index (χ3n) is 3.21. The van der Waals surface area contributed by atoms with Gasteiger partial charge in [0.2, 0.25) is 5.91 Å². The molecule has 1 saturated heterocycles. The first-order valence-electron chi connectivity index (χ1n) is 5.60. The van der Waals surface area contributed by atoms with Crippen LogP contribution in [-0.2, 0) is 4.79 Å². The van der Waals surface area contributed by atoms with Gasteiger partial charge in [0.15, 0.2) is 0 Å². The van der Waals surface area contributed by atoms with E-state index < -0.39 is 0 Å². The third kappa shape index (κ3) is 1.69. The van der Waals surface area contributed by atoms with Crippen molar-refractivity contribution < 1.29 is 4.79 Å². The summed E-state index contributed by atoms with van der Waals surface area (Å²) in [5, 5.41) is 0.